The number of methoxy groups -OCH3 is 1. The Morgan fingerprint density at radius 1 is 0.934 bits per heavy atom. The number of phenolic OH excluding ortho intramolecular Hbond substituents is 3. The summed E-state index contributed by atoms with van der Waals surface area (Å²) in [5.41, 5.74) is 3.85. The van der Waals surface area contributed by atoms with Crippen LogP contribution in [0, 0.1) is 17.8 Å². The van der Waals surface area contributed by atoms with E-state index in [1.54, 1.807) is 22.9 Å². The second kappa shape index (κ2) is 16.1. The zero-order valence-corrected chi connectivity index (χ0v) is 38.1. The van der Waals surface area contributed by atoms with Crippen molar-refractivity contribution in [3.63, 3.8) is 0 Å². The van der Waals surface area contributed by atoms with E-state index in [0.717, 1.165) is 72.1 Å². The van der Waals surface area contributed by atoms with Crippen molar-refractivity contribution in [1.29, 1.82) is 0 Å². The molecule has 328 valence electrons. The maximum atomic E-state index is 13.6. The maximum absolute atomic E-state index is 13.6. The average molecular weight is 909 g/mol. The van der Waals surface area contributed by atoms with Crippen LogP contribution in [0.25, 0.3) is 11.1 Å². The summed E-state index contributed by atoms with van der Waals surface area (Å²) < 4.78 is 25.3. The van der Waals surface area contributed by atoms with Crippen LogP contribution >= 0.6 is 43.2 Å². The highest BCUT2D eigenvalue weighted by atomic mass is 33.1. The molecule has 6 N–H and O–H groups in total. The average Bonchev–Trinajstić information content (AvgIpc) is 3.29. The van der Waals surface area contributed by atoms with Gasteiger partial charge in [0.2, 0.25) is 11.5 Å². The fourth-order valence-electron chi connectivity index (χ4n) is 12.1. The second-order valence-corrected chi connectivity index (χ2v) is 23.9. The smallest absolute Gasteiger partial charge is 0.207 e. The van der Waals surface area contributed by atoms with E-state index in [0.29, 0.717) is 59.7 Å². The van der Waals surface area contributed by atoms with Crippen LogP contribution in [-0.2, 0) is 11.0 Å². The third-order valence-electron chi connectivity index (χ3n) is 15.2. The lowest BCUT2D eigenvalue weighted by atomic mass is 9.52. The topological polar surface area (TPSA) is 158 Å². The minimum atomic E-state index is -1.50. The van der Waals surface area contributed by atoms with Crippen molar-refractivity contribution < 1.29 is 49.6 Å². The maximum Gasteiger partial charge on any atom is 0.207 e. The molecule has 61 heavy (non-hydrogen) atoms. The minimum absolute atomic E-state index is 0.0136. The van der Waals surface area contributed by atoms with Gasteiger partial charge in [-0.15, -0.1) is 0 Å². The lowest BCUT2D eigenvalue weighted by molar-refractivity contribution is -0.125. The van der Waals surface area contributed by atoms with E-state index in [4.69, 9.17) is 18.9 Å². The molecule has 4 heterocycles. The van der Waals surface area contributed by atoms with E-state index in [1.807, 2.05) is 50.6 Å². The summed E-state index contributed by atoms with van der Waals surface area (Å²) in [7, 11) is 8.91. The molecule has 2 saturated heterocycles. The number of benzene rings is 3. The van der Waals surface area contributed by atoms with Gasteiger partial charge >= 0.3 is 0 Å². The number of rotatable bonds is 10. The molecule has 9 unspecified atom stereocenters. The summed E-state index contributed by atoms with van der Waals surface area (Å²) in [6.45, 7) is 4.14. The van der Waals surface area contributed by atoms with Gasteiger partial charge in [-0.1, -0.05) is 69.2 Å². The summed E-state index contributed by atoms with van der Waals surface area (Å²) in [6, 6.07) is 9.09. The first-order valence-corrected chi connectivity index (χ1v) is 26.5. The van der Waals surface area contributed by atoms with Gasteiger partial charge < -0.3 is 49.6 Å². The van der Waals surface area contributed by atoms with Gasteiger partial charge in [-0.05, 0) is 116 Å². The molecular weight excluding hydrogens is 853 g/mol. The Bertz CT molecular complexity index is 2250. The van der Waals surface area contributed by atoms with Gasteiger partial charge in [0.1, 0.15) is 30.0 Å². The number of aromatic hydroxyl groups is 3. The summed E-state index contributed by atoms with van der Waals surface area (Å²) in [5.74, 6) is 2.39. The first kappa shape index (κ1) is 42.2. The Balaban J connectivity index is 1.30. The fraction of sp³-hybridized carbons (Fsp3) is 0.574. The van der Waals surface area contributed by atoms with Crippen LogP contribution in [0.2, 0.25) is 0 Å². The molecule has 14 heteroatoms. The molecule has 11 rings (SSSR count). The first-order chi connectivity index (χ1) is 29.5. The molecule has 1 saturated carbocycles. The van der Waals surface area contributed by atoms with Gasteiger partial charge in [-0.2, -0.15) is 0 Å². The highest BCUT2D eigenvalue weighted by molar-refractivity contribution is 8.77. The van der Waals surface area contributed by atoms with Crippen LogP contribution in [0.1, 0.15) is 99.3 Å². The third-order valence-corrected chi connectivity index (χ3v) is 21.4. The van der Waals surface area contributed by atoms with Crippen LogP contribution in [-0.4, -0.2) is 91.8 Å². The number of aliphatic hydroxyl groups is 3. The van der Waals surface area contributed by atoms with Gasteiger partial charge in [-0.25, -0.2) is 0 Å². The Morgan fingerprint density at radius 2 is 1.77 bits per heavy atom. The van der Waals surface area contributed by atoms with Crippen LogP contribution in [0.15, 0.2) is 42.0 Å². The number of aliphatic hydroxyl groups excluding tert-OH is 3. The largest absolute Gasteiger partial charge is 0.508 e. The van der Waals surface area contributed by atoms with Crippen LogP contribution in [0.4, 0.5) is 0 Å². The normalized spacial score (nSPS) is 33.0. The van der Waals surface area contributed by atoms with Crippen molar-refractivity contribution in [2.75, 3.05) is 45.0 Å². The van der Waals surface area contributed by atoms with E-state index >= 15 is 0 Å². The number of hydrogen-bond donors (Lipinski definition) is 6. The molecule has 4 aliphatic carbocycles. The number of hydrogen-bond acceptors (Lipinski definition) is 14. The molecule has 0 amide bonds. The van der Waals surface area contributed by atoms with Gasteiger partial charge in [0, 0.05) is 55.6 Å². The number of allylic oxidation sites excluding steroid dienone is 1. The first-order valence-electron chi connectivity index (χ1n) is 21.8. The molecule has 4 aliphatic heterocycles. The quantitative estimate of drug-likeness (QED) is 0.0845. The third kappa shape index (κ3) is 6.49. The fourth-order valence-corrected chi connectivity index (χ4v) is 19.0. The molecule has 10 nitrogen and oxygen atoms in total. The molecule has 9 atom stereocenters. The molecule has 3 aromatic rings. The molecule has 0 radical (unpaired) electrons. The number of ether oxygens (including phenoxy) is 4. The van der Waals surface area contributed by atoms with E-state index in [2.05, 4.69) is 19.9 Å². The van der Waals surface area contributed by atoms with E-state index in [1.165, 1.54) is 12.7 Å². The Morgan fingerprint density at radius 3 is 2.56 bits per heavy atom. The summed E-state index contributed by atoms with van der Waals surface area (Å²) in [4.78, 5) is 0. The molecule has 8 aliphatic rings. The molecular formula is C47H56O10S4. The predicted octanol–water partition coefficient (Wildman–Crippen LogP) is 9.16. The second-order valence-electron chi connectivity index (χ2n) is 18.6. The van der Waals surface area contributed by atoms with Crippen molar-refractivity contribution in [3.8, 4) is 51.4 Å². The highest BCUT2D eigenvalue weighted by Gasteiger charge is 2.66. The summed E-state index contributed by atoms with van der Waals surface area (Å²) in [5, 5.41) is 71.2. The van der Waals surface area contributed by atoms with Crippen LogP contribution in [0.5, 0.6) is 40.2 Å². The van der Waals surface area contributed by atoms with Crippen molar-refractivity contribution in [2.45, 2.75) is 104 Å². The Labute approximate surface area is 373 Å². The van der Waals surface area contributed by atoms with Crippen molar-refractivity contribution >= 4 is 43.2 Å². The van der Waals surface area contributed by atoms with Crippen LogP contribution < -0.4 is 18.9 Å². The lowest BCUT2D eigenvalue weighted by Crippen LogP contribution is -2.61. The monoisotopic (exact) mass is 908 g/mol. The van der Waals surface area contributed by atoms with Crippen molar-refractivity contribution in [1.82, 2.24) is 0 Å². The highest BCUT2D eigenvalue weighted by Crippen LogP contribution is 2.72. The van der Waals surface area contributed by atoms with Crippen molar-refractivity contribution in [2.24, 2.45) is 17.8 Å². The molecule has 10 bridgehead atoms. The van der Waals surface area contributed by atoms with Gasteiger partial charge in [0.25, 0.3) is 0 Å². The number of fused-ring (bicyclic) bond motifs is 8. The van der Waals surface area contributed by atoms with E-state index in [-0.39, 0.29) is 60.0 Å². The van der Waals surface area contributed by atoms with Crippen LogP contribution in [0.3, 0.4) is 0 Å². The van der Waals surface area contributed by atoms with Gasteiger partial charge in [0.15, 0.2) is 17.1 Å². The SMILES string of the molecule is COc1c(O)c(OCCC(C)C)cc(C23CCC45CCC6CC7c8cc(O)ccc8-c8c(OCCO)cc(c(c8C7(CO)CSSCC7=CCC6CC7SS4)C5C2O)O3)c1O. The Hall–Kier alpha value is -2.72. The van der Waals surface area contributed by atoms with Gasteiger partial charge in [0.05, 0.1) is 26.9 Å². The standard InChI is InChI=1S/C47H56O10S4/c1-24(2)9-14-55-35-19-32(41(51)43(54-3)42(35)52)47-12-11-46-10-8-26-16-31-30-18-28(50)6-7-29(30)37-33(56-15-13-48)20-34(57-47)38(40(46)44(47)53)39(37)45(31,22-49)23-59-58-21-27-5-4-25(26)17-36(27)60-61-46/h5-7,18-20,24-26,31,36,40,44,48-53H,4,8-17,21-23H2,1-3H3. The molecule has 1 spiro atoms. The zero-order chi connectivity index (χ0) is 42.4. The Kier molecular flexibility index (Phi) is 11.1. The minimum Gasteiger partial charge on any atom is -0.508 e. The molecule has 0 aromatic heterocycles. The zero-order valence-electron chi connectivity index (χ0n) is 34.9. The van der Waals surface area contributed by atoms with Crippen molar-refractivity contribution in [3.05, 3.63) is 64.2 Å². The predicted molar refractivity (Wildman–Crippen MR) is 244 cm³/mol. The van der Waals surface area contributed by atoms with E-state index in [9.17, 15) is 30.6 Å². The summed E-state index contributed by atoms with van der Waals surface area (Å²) in [6.07, 6.45) is 7.82. The molecule has 3 fully saturated rings. The van der Waals surface area contributed by atoms with E-state index < -0.39 is 27.8 Å². The lowest BCUT2D eigenvalue weighted by Gasteiger charge is -2.60. The summed E-state index contributed by atoms with van der Waals surface area (Å²) >= 11 is 0. The number of phenols is 3. The molecule has 3 aromatic carbocycles. The van der Waals surface area contributed by atoms with Gasteiger partial charge in [-0.3, -0.25) is 0 Å².